The smallest absolute Gasteiger partial charge is 0.405 e. The van der Waals surface area contributed by atoms with Crippen molar-refractivity contribution in [1.82, 2.24) is 10.6 Å². The van der Waals surface area contributed by atoms with Gasteiger partial charge in [0.05, 0.1) is 6.04 Å². The Morgan fingerprint density at radius 2 is 1.92 bits per heavy atom. The molecule has 6 N–H and O–H groups in total. The molecule has 1 heterocycles. The lowest BCUT2D eigenvalue weighted by Gasteiger charge is -2.23. The van der Waals surface area contributed by atoms with Crippen LogP contribution < -0.4 is 22.1 Å². The SMILES string of the molecule is CC(C)CC(OC(N)=O)C(=O)NC(CC1CCNC1=O)C(=O)C(N)=O. The van der Waals surface area contributed by atoms with Crippen LogP contribution in [0.15, 0.2) is 0 Å². The maximum atomic E-state index is 12.4. The second-order valence-electron chi connectivity index (χ2n) is 6.36. The number of hydrogen-bond acceptors (Lipinski definition) is 6. The molecule has 3 atom stereocenters. The molecule has 1 saturated heterocycles. The number of Topliss-reactive ketones (excluding diaryl/α,β-unsaturated/α-hetero) is 1. The van der Waals surface area contributed by atoms with Crippen LogP contribution in [0.25, 0.3) is 0 Å². The van der Waals surface area contributed by atoms with Crippen LogP contribution >= 0.6 is 0 Å². The quantitative estimate of drug-likeness (QED) is 0.369. The van der Waals surface area contributed by atoms with Crippen LogP contribution in [0.4, 0.5) is 4.79 Å². The van der Waals surface area contributed by atoms with Crippen molar-refractivity contribution >= 4 is 29.6 Å². The summed E-state index contributed by atoms with van der Waals surface area (Å²) >= 11 is 0. The largest absolute Gasteiger partial charge is 0.436 e. The van der Waals surface area contributed by atoms with Gasteiger partial charge < -0.3 is 26.8 Å². The van der Waals surface area contributed by atoms with Gasteiger partial charge in [0, 0.05) is 12.5 Å². The Balaban J connectivity index is 2.87. The number of carbonyl (C=O) groups excluding carboxylic acids is 5. The predicted octanol–water partition coefficient (Wildman–Crippen LogP) is -1.44. The molecule has 0 radical (unpaired) electrons. The predicted molar refractivity (Wildman–Crippen MR) is 85.8 cm³/mol. The van der Waals surface area contributed by atoms with E-state index in [4.69, 9.17) is 16.2 Å². The topological polar surface area (TPSA) is 171 Å². The van der Waals surface area contributed by atoms with Crippen molar-refractivity contribution in [2.24, 2.45) is 23.3 Å². The number of carbonyl (C=O) groups is 5. The number of rotatable bonds is 9. The lowest BCUT2D eigenvalue weighted by molar-refractivity contribution is -0.140. The van der Waals surface area contributed by atoms with E-state index in [0.717, 1.165) is 0 Å². The van der Waals surface area contributed by atoms with Crippen molar-refractivity contribution in [1.29, 1.82) is 0 Å². The van der Waals surface area contributed by atoms with Crippen molar-refractivity contribution in [2.45, 2.75) is 45.3 Å². The van der Waals surface area contributed by atoms with Crippen LogP contribution in [0.1, 0.15) is 33.1 Å². The fourth-order valence-corrected chi connectivity index (χ4v) is 2.60. The molecule has 4 amide bonds. The fourth-order valence-electron chi connectivity index (χ4n) is 2.60. The summed E-state index contributed by atoms with van der Waals surface area (Å²) < 4.78 is 4.78. The number of ketones is 1. The molecule has 0 bridgehead atoms. The van der Waals surface area contributed by atoms with Crippen molar-refractivity contribution in [3.63, 3.8) is 0 Å². The van der Waals surface area contributed by atoms with E-state index < -0.39 is 41.8 Å². The lowest BCUT2D eigenvalue weighted by Crippen LogP contribution is -2.51. The third-order valence-electron chi connectivity index (χ3n) is 3.80. The van der Waals surface area contributed by atoms with E-state index in [0.29, 0.717) is 13.0 Å². The van der Waals surface area contributed by atoms with E-state index in [9.17, 15) is 24.0 Å². The highest BCUT2D eigenvalue weighted by Crippen LogP contribution is 2.17. The first kappa shape index (κ1) is 20.4. The molecule has 0 aromatic heterocycles. The van der Waals surface area contributed by atoms with Gasteiger partial charge in [-0.15, -0.1) is 0 Å². The van der Waals surface area contributed by atoms with E-state index in [2.05, 4.69) is 10.6 Å². The summed E-state index contributed by atoms with van der Waals surface area (Å²) in [5.41, 5.74) is 9.97. The molecule has 1 rings (SSSR count). The molecule has 1 aliphatic heterocycles. The average molecular weight is 356 g/mol. The van der Waals surface area contributed by atoms with Gasteiger partial charge in [0.1, 0.15) is 0 Å². The normalized spacial score (nSPS) is 19.0. The summed E-state index contributed by atoms with van der Waals surface area (Å²) in [5, 5.41) is 4.96. The Morgan fingerprint density at radius 3 is 2.36 bits per heavy atom. The van der Waals surface area contributed by atoms with Gasteiger partial charge in [-0.1, -0.05) is 13.8 Å². The first-order valence-corrected chi connectivity index (χ1v) is 7.99. The van der Waals surface area contributed by atoms with Crippen molar-refractivity contribution in [3.05, 3.63) is 0 Å². The minimum Gasteiger partial charge on any atom is -0.436 e. The molecule has 0 aromatic carbocycles. The molecule has 0 spiro atoms. The second kappa shape index (κ2) is 9.00. The third-order valence-corrected chi connectivity index (χ3v) is 3.80. The number of nitrogens with one attached hydrogen (secondary N) is 2. The van der Waals surface area contributed by atoms with Crippen molar-refractivity contribution in [3.8, 4) is 0 Å². The van der Waals surface area contributed by atoms with E-state index in [-0.39, 0.29) is 24.7 Å². The molecule has 140 valence electrons. The highest BCUT2D eigenvalue weighted by atomic mass is 16.6. The molecular weight excluding hydrogens is 332 g/mol. The van der Waals surface area contributed by atoms with E-state index in [1.54, 1.807) is 13.8 Å². The first-order chi connectivity index (χ1) is 11.6. The minimum absolute atomic E-state index is 0.000928. The maximum absolute atomic E-state index is 12.4. The van der Waals surface area contributed by atoms with Gasteiger partial charge in [-0.2, -0.15) is 0 Å². The summed E-state index contributed by atoms with van der Waals surface area (Å²) in [6.07, 6.45) is -1.75. The summed E-state index contributed by atoms with van der Waals surface area (Å²) in [6, 6.07) is -1.27. The molecule has 0 aromatic rings. The number of hydrogen-bond donors (Lipinski definition) is 4. The van der Waals surface area contributed by atoms with E-state index in [1.165, 1.54) is 0 Å². The zero-order valence-electron chi connectivity index (χ0n) is 14.2. The van der Waals surface area contributed by atoms with Gasteiger partial charge in [-0.3, -0.25) is 19.2 Å². The Kier molecular flexibility index (Phi) is 7.34. The Morgan fingerprint density at radius 1 is 1.28 bits per heavy atom. The zero-order chi connectivity index (χ0) is 19.1. The van der Waals surface area contributed by atoms with Crippen molar-refractivity contribution in [2.75, 3.05) is 6.54 Å². The Hall–Kier alpha value is -2.65. The highest BCUT2D eigenvalue weighted by Gasteiger charge is 2.35. The molecule has 3 unspecified atom stereocenters. The van der Waals surface area contributed by atoms with Crippen LogP contribution in [0.2, 0.25) is 0 Å². The molecule has 10 heteroatoms. The monoisotopic (exact) mass is 356 g/mol. The molecular formula is C15H24N4O6. The van der Waals surface area contributed by atoms with Gasteiger partial charge in [0.2, 0.25) is 11.7 Å². The van der Waals surface area contributed by atoms with Gasteiger partial charge in [0.25, 0.3) is 11.8 Å². The van der Waals surface area contributed by atoms with E-state index in [1.807, 2.05) is 0 Å². The van der Waals surface area contributed by atoms with Gasteiger partial charge >= 0.3 is 6.09 Å². The number of ether oxygens (including phenoxy) is 1. The first-order valence-electron chi connectivity index (χ1n) is 7.99. The summed E-state index contributed by atoms with van der Waals surface area (Å²) in [6.45, 7) is 4.06. The number of nitrogens with two attached hydrogens (primary N) is 2. The molecule has 0 saturated carbocycles. The van der Waals surface area contributed by atoms with Crippen LogP contribution in [0.5, 0.6) is 0 Å². The highest BCUT2D eigenvalue weighted by molar-refractivity contribution is 6.37. The van der Waals surface area contributed by atoms with Crippen LogP contribution in [-0.4, -0.2) is 48.3 Å². The third kappa shape index (κ3) is 6.40. The van der Waals surface area contributed by atoms with Gasteiger partial charge in [-0.05, 0) is 25.2 Å². The van der Waals surface area contributed by atoms with E-state index >= 15 is 0 Å². The van der Waals surface area contributed by atoms with Gasteiger partial charge in [0.15, 0.2) is 6.10 Å². The maximum Gasteiger partial charge on any atom is 0.405 e. The summed E-state index contributed by atoms with van der Waals surface area (Å²) in [7, 11) is 0. The lowest BCUT2D eigenvalue weighted by atomic mass is 9.95. The average Bonchev–Trinajstić information content (AvgIpc) is 2.89. The van der Waals surface area contributed by atoms with Crippen LogP contribution in [0, 0.1) is 11.8 Å². The molecule has 10 nitrogen and oxygen atoms in total. The minimum atomic E-state index is -1.27. The summed E-state index contributed by atoms with van der Waals surface area (Å²) in [4.78, 5) is 58.2. The molecule has 25 heavy (non-hydrogen) atoms. The van der Waals surface area contributed by atoms with Crippen molar-refractivity contribution < 1.29 is 28.7 Å². The standard InChI is InChI=1S/C15H24N4O6/c1-7(2)5-10(25-15(17)24)14(23)19-9(11(20)12(16)21)6-8-3-4-18-13(8)22/h7-10H,3-6H2,1-2H3,(H2,16,21)(H2,17,24)(H,18,22)(H,19,23). The Labute approximate surface area is 145 Å². The van der Waals surface area contributed by atoms with Crippen LogP contribution in [-0.2, 0) is 23.9 Å². The molecule has 1 fully saturated rings. The Bertz CT molecular complexity index is 562. The number of amides is 4. The van der Waals surface area contributed by atoms with Gasteiger partial charge in [-0.25, -0.2) is 4.79 Å². The molecule has 0 aliphatic carbocycles. The van der Waals surface area contributed by atoms with Crippen LogP contribution in [0.3, 0.4) is 0 Å². The fraction of sp³-hybridized carbons (Fsp3) is 0.667. The molecule has 1 aliphatic rings. The number of primary amides is 2. The second-order valence-corrected chi connectivity index (χ2v) is 6.36. The summed E-state index contributed by atoms with van der Waals surface area (Å²) in [5.74, 6) is -3.79. The zero-order valence-corrected chi connectivity index (χ0v) is 14.2.